The molecule has 0 aromatic heterocycles. The molecule has 0 amide bonds. The normalized spacial score (nSPS) is 44.8. The molecule has 1 nitrogen and oxygen atoms in total. The molecule has 0 saturated heterocycles. The Morgan fingerprint density at radius 2 is 2.00 bits per heavy atom. The van der Waals surface area contributed by atoms with E-state index in [-0.39, 0.29) is 0 Å². The predicted octanol–water partition coefficient (Wildman–Crippen LogP) is 5.25. The van der Waals surface area contributed by atoms with Gasteiger partial charge in [0.25, 0.3) is 0 Å². The minimum absolute atomic E-state index is 0.444. The number of fused-ring (bicyclic) bond motifs is 1. The van der Waals surface area contributed by atoms with Gasteiger partial charge in [0.05, 0.1) is 5.76 Å². The monoisotopic (exact) mass is 260 g/mol. The first-order valence-corrected chi connectivity index (χ1v) is 7.98. The Kier molecular flexibility index (Phi) is 3.07. The largest absolute Gasteiger partial charge is 0.513 e. The van der Waals surface area contributed by atoms with Crippen LogP contribution in [-0.4, -0.2) is 5.11 Å². The van der Waals surface area contributed by atoms with E-state index >= 15 is 0 Å². The summed E-state index contributed by atoms with van der Waals surface area (Å²) in [6, 6.07) is 0. The summed E-state index contributed by atoms with van der Waals surface area (Å²) in [4.78, 5) is 0. The van der Waals surface area contributed by atoms with E-state index in [9.17, 15) is 5.11 Å². The molecule has 1 saturated carbocycles. The van der Waals surface area contributed by atoms with Crippen LogP contribution in [0.5, 0.6) is 0 Å². The molecular formula is C18H28O. The van der Waals surface area contributed by atoms with Gasteiger partial charge in [-0.25, -0.2) is 0 Å². The predicted molar refractivity (Wildman–Crippen MR) is 79.9 cm³/mol. The molecule has 0 aromatic rings. The van der Waals surface area contributed by atoms with Crippen molar-refractivity contribution in [2.24, 2.45) is 28.6 Å². The zero-order valence-electron chi connectivity index (χ0n) is 12.7. The smallest absolute Gasteiger partial charge is 0.0883 e. The maximum atomic E-state index is 9.64. The fraction of sp³-hybridized carbons (Fsp3) is 0.778. The zero-order valence-corrected chi connectivity index (χ0v) is 12.7. The molecule has 3 aliphatic carbocycles. The van der Waals surface area contributed by atoms with Gasteiger partial charge in [-0.3, -0.25) is 0 Å². The minimum atomic E-state index is 0.444. The Hall–Kier alpha value is -0.720. The van der Waals surface area contributed by atoms with Crippen LogP contribution in [0.15, 0.2) is 24.0 Å². The van der Waals surface area contributed by atoms with Gasteiger partial charge in [0, 0.05) is 6.42 Å². The second kappa shape index (κ2) is 4.40. The van der Waals surface area contributed by atoms with Crippen LogP contribution in [0.3, 0.4) is 0 Å². The molecule has 3 aliphatic rings. The van der Waals surface area contributed by atoms with Crippen molar-refractivity contribution in [1.29, 1.82) is 0 Å². The van der Waals surface area contributed by atoms with Gasteiger partial charge in [-0.2, -0.15) is 0 Å². The number of rotatable bonds is 1. The number of aliphatic hydroxyl groups excluding tert-OH is 1. The molecule has 0 heterocycles. The molecule has 0 radical (unpaired) electrons. The summed E-state index contributed by atoms with van der Waals surface area (Å²) in [5, 5.41) is 9.64. The highest BCUT2D eigenvalue weighted by Gasteiger charge is 2.56. The second-order valence-corrected chi connectivity index (χ2v) is 7.98. The van der Waals surface area contributed by atoms with Crippen LogP contribution in [0.25, 0.3) is 0 Å². The zero-order chi connectivity index (χ0) is 13.7. The standard InChI is InChI=1S/C18H28O/c1-17(2)12-18(3,13-8-10-14(19)11-9-13)16-7-5-4-6-15(16)17/h4,6,10,13,15-16,19H,5,7-9,11-12H2,1-3H3. The summed E-state index contributed by atoms with van der Waals surface area (Å²) in [5.74, 6) is 3.01. The van der Waals surface area contributed by atoms with Gasteiger partial charge >= 0.3 is 0 Å². The van der Waals surface area contributed by atoms with Crippen molar-refractivity contribution in [1.82, 2.24) is 0 Å². The van der Waals surface area contributed by atoms with Gasteiger partial charge in [-0.15, -0.1) is 0 Å². The van der Waals surface area contributed by atoms with E-state index in [1.807, 2.05) is 0 Å². The van der Waals surface area contributed by atoms with Gasteiger partial charge in [-0.1, -0.05) is 32.9 Å². The maximum absolute atomic E-state index is 9.64. The summed E-state index contributed by atoms with van der Waals surface area (Å²) in [6.45, 7) is 7.46. The highest BCUT2D eigenvalue weighted by molar-refractivity contribution is 5.15. The number of allylic oxidation sites excluding steroid dienone is 4. The van der Waals surface area contributed by atoms with Crippen molar-refractivity contribution >= 4 is 0 Å². The quantitative estimate of drug-likeness (QED) is 0.639. The van der Waals surface area contributed by atoms with E-state index in [1.54, 1.807) is 0 Å². The Bertz CT molecular complexity index is 417. The van der Waals surface area contributed by atoms with Gasteiger partial charge in [0.1, 0.15) is 0 Å². The van der Waals surface area contributed by atoms with Crippen LogP contribution < -0.4 is 0 Å². The number of hydrogen-bond donors (Lipinski definition) is 1. The van der Waals surface area contributed by atoms with E-state index in [4.69, 9.17) is 0 Å². The van der Waals surface area contributed by atoms with Crippen LogP contribution in [-0.2, 0) is 0 Å². The van der Waals surface area contributed by atoms with Gasteiger partial charge < -0.3 is 5.11 Å². The molecule has 1 N–H and O–H groups in total. The van der Waals surface area contributed by atoms with E-state index in [1.165, 1.54) is 25.7 Å². The third kappa shape index (κ3) is 2.06. The summed E-state index contributed by atoms with van der Waals surface area (Å²) >= 11 is 0. The lowest BCUT2D eigenvalue weighted by Gasteiger charge is -2.42. The molecule has 3 rings (SSSR count). The lowest BCUT2D eigenvalue weighted by atomic mass is 9.62. The molecule has 0 bridgehead atoms. The molecular weight excluding hydrogens is 232 g/mol. The van der Waals surface area contributed by atoms with Gasteiger partial charge in [0.15, 0.2) is 0 Å². The summed E-state index contributed by atoms with van der Waals surface area (Å²) in [5.41, 5.74) is 0.912. The molecule has 1 fully saturated rings. The van der Waals surface area contributed by atoms with Crippen LogP contribution in [0.2, 0.25) is 0 Å². The van der Waals surface area contributed by atoms with Crippen LogP contribution in [0, 0.1) is 28.6 Å². The van der Waals surface area contributed by atoms with Crippen LogP contribution in [0.4, 0.5) is 0 Å². The Labute approximate surface area is 117 Å². The Morgan fingerprint density at radius 3 is 2.68 bits per heavy atom. The Balaban J connectivity index is 1.89. The molecule has 4 atom stereocenters. The topological polar surface area (TPSA) is 20.2 Å². The van der Waals surface area contributed by atoms with Crippen molar-refractivity contribution < 1.29 is 5.11 Å². The highest BCUT2D eigenvalue weighted by Crippen LogP contribution is 2.64. The molecule has 106 valence electrons. The van der Waals surface area contributed by atoms with E-state index in [0.29, 0.717) is 16.6 Å². The SMILES string of the molecule is CC1(C)CC(C)(C2CC=C(O)CC2)C2CCC=CC21. The average Bonchev–Trinajstić information content (AvgIpc) is 2.59. The summed E-state index contributed by atoms with van der Waals surface area (Å²) in [6.07, 6.45) is 14.1. The second-order valence-electron chi connectivity index (χ2n) is 7.98. The lowest BCUT2D eigenvalue weighted by Crippen LogP contribution is -2.34. The first kappa shape index (κ1) is 13.3. The molecule has 0 spiro atoms. The first-order chi connectivity index (χ1) is 8.93. The molecule has 1 heteroatoms. The van der Waals surface area contributed by atoms with Crippen molar-refractivity contribution in [3.05, 3.63) is 24.0 Å². The van der Waals surface area contributed by atoms with Gasteiger partial charge in [-0.05, 0) is 66.8 Å². The summed E-state index contributed by atoms with van der Waals surface area (Å²) in [7, 11) is 0. The minimum Gasteiger partial charge on any atom is -0.513 e. The van der Waals surface area contributed by atoms with Crippen LogP contribution in [0.1, 0.15) is 59.3 Å². The van der Waals surface area contributed by atoms with E-state index < -0.39 is 0 Å². The Morgan fingerprint density at radius 1 is 1.21 bits per heavy atom. The summed E-state index contributed by atoms with van der Waals surface area (Å²) < 4.78 is 0. The van der Waals surface area contributed by atoms with Crippen molar-refractivity contribution in [2.45, 2.75) is 59.3 Å². The average molecular weight is 260 g/mol. The van der Waals surface area contributed by atoms with Crippen molar-refractivity contribution in [3.8, 4) is 0 Å². The molecule has 0 aromatic carbocycles. The molecule has 4 unspecified atom stereocenters. The fourth-order valence-electron chi connectivity index (χ4n) is 5.47. The van der Waals surface area contributed by atoms with Crippen molar-refractivity contribution in [3.63, 3.8) is 0 Å². The number of hydrogen-bond acceptors (Lipinski definition) is 1. The lowest BCUT2D eigenvalue weighted by molar-refractivity contribution is 0.0875. The van der Waals surface area contributed by atoms with Gasteiger partial charge in [0.2, 0.25) is 0 Å². The molecule has 19 heavy (non-hydrogen) atoms. The third-order valence-electron chi connectivity index (χ3n) is 6.33. The fourth-order valence-corrected chi connectivity index (χ4v) is 5.47. The van der Waals surface area contributed by atoms with Crippen molar-refractivity contribution in [2.75, 3.05) is 0 Å². The first-order valence-electron chi connectivity index (χ1n) is 7.98. The molecule has 0 aliphatic heterocycles. The number of aliphatic hydroxyl groups is 1. The third-order valence-corrected chi connectivity index (χ3v) is 6.33. The highest BCUT2D eigenvalue weighted by atomic mass is 16.3. The maximum Gasteiger partial charge on any atom is 0.0883 e. The van der Waals surface area contributed by atoms with Crippen LogP contribution >= 0.6 is 0 Å². The van der Waals surface area contributed by atoms with E-state index in [2.05, 4.69) is 39.0 Å². The van der Waals surface area contributed by atoms with E-state index in [0.717, 1.165) is 30.6 Å².